The number of rotatable bonds is 4. The third-order valence-electron chi connectivity index (χ3n) is 6.66. The van der Waals surface area contributed by atoms with Gasteiger partial charge in [0.1, 0.15) is 0 Å². The summed E-state index contributed by atoms with van der Waals surface area (Å²) in [5.41, 5.74) is 0.627. The van der Waals surface area contributed by atoms with Gasteiger partial charge in [0.15, 0.2) is 0 Å². The molecule has 0 aromatic heterocycles. The Morgan fingerprint density at radius 3 is 2.23 bits per heavy atom. The summed E-state index contributed by atoms with van der Waals surface area (Å²) in [4.78, 5) is 17.4. The van der Waals surface area contributed by atoms with E-state index in [-0.39, 0.29) is 0 Å². The fourth-order valence-electron chi connectivity index (χ4n) is 5.14. The van der Waals surface area contributed by atoms with Crippen LogP contribution in [0.5, 0.6) is 0 Å². The molecule has 22 heavy (non-hydrogen) atoms. The molecule has 1 spiro atoms. The normalized spacial score (nSPS) is 27.1. The summed E-state index contributed by atoms with van der Waals surface area (Å²) in [7, 11) is 0. The van der Waals surface area contributed by atoms with Gasteiger partial charge in [-0.2, -0.15) is 0 Å². The highest BCUT2D eigenvalue weighted by Crippen LogP contribution is 2.54. The third kappa shape index (κ3) is 3.34. The average molecular weight is 306 g/mol. The first-order valence-electron chi connectivity index (χ1n) is 9.67. The van der Waals surface area contributed by atoms with Crippen LogP contribution < -0.4 is 0 Å². The van der Waals surface area contributed by atoms with Crippen molar-refractivity contribution in [3.63, 3.8) is 0 Å². The van der Waals surface area contributed by atoms with E-state index in [1.807, 2.05) is 0 Å². The summed E-state index contributed by atoms with van der Waals surface area (Å²) >= 11 is 0. The number of nitrogens with zero attached hydrogens (tertiary/aromatic N) is 2. The molecule has 1 aliphatic carbocycles. The SMILES string of the molecule is CCCC1CC2(CCN(C(=O)C3CCN(CC)CC3)CC2)C1. The maximum Gasteiger partial charge on any atom is 0.225 e. The van der Waals surface area contributed by atoms with Crippen molar-refractivity contribution in [2.45, 2.75) is 65.2 Å². The molecule has 2 heterocycles. The zero-order valence-corrected chi connectivity index (χ0v) is 14.6. The summed E-state index contributed by atoms with van der Waals surface area (Å²) in [6, 6.07) is 0. The largest absolute Gasteiger partial charge is 0.342 e. The van der Waals surface area contributed by atoms with Crippen LogP contribution in [-0.2, 0) is 4.79 Å². The Labute approximate surface area is 136 Å². The van der Waals surface area contributed by atoms with E-state index >= 15 is 0 Å². The molecule has 3 rings (SSSR count). The van der Waals surface area contributed by atoms with Gasteiger partial charge in [-0.05, 0) is 69.5 Å². The predicted octanol–water partition coefficient (Wildman–Crippen LogP) is 3.54. The Morgan fingerprint density at radius 1 is 1.05 bits per heavy atom. The second-order valence-electron chi connectivity index (χ2n) is 8.10. The van der Waals surface area contributed by atoms with E-state index in [9.17, 15) is 4.79 Å². The summed E-state index contributed by atoms with van der Waals surface area (Å²) in [5.74, 6) is 1.77. The maximum absolute atomic E-state index is 12.7. The van der Waals surface area contributed by atoms with Crippen LogP contribution >= 0.6 is 0 Å². The summed E-state index contributed by atoms with van der Waals surface area (Å²) in [6.07, 6.45) is 10.3. The lowest BCUT2D eigenvalue weighted by atomic mass is 9.56. The predicted molar refractivity (Wildman–Crippen MR) is 90.7 cm³/mol. The topological polar surface area (TPSA) is 23.6 Å². The van der Waals surface area contributed by atoms with Gasteiger partial charge in [-0.1, -0.05) is 26.7 Å². The van der Waals surface area contributed by atoms with Gasteiger partial charge in [0.05, 0.1) is 0 Å². The number of hydrogen-bond acceptors (Lipinski definition) is 2. The third-order valence-corrected chi connectivity index (χ3v) is 6.66. The van der Waals surface area contributed by atoms with Crippen LogP contribution in [0.3, 0.4) is 0 Å². The van der Waals surface area contributed by atoms with Gasteiger partial charge >= 0.3 is 0 Å². The van der Waals surface area contributed by atoms with Crippen molar-refractivity contribution in [2.75, 3.05) is 32.7 Å². The first-order chi connectivity index (χ1) is 10.7. The van der Waals surface area contributed by atoms with E-state index in [1.165, 1.54) is 38.5 Å². The molecule has 3 aliphatic rings. The van der Waals surface area contributed by atoms with Crippen LogP contribution in [0.25, 0.3) is 0 Å². The Morgan fingerprint density at radius 2 is 1.68 bits per heavy atom. The van der Waals surface area contributed by atoms with Gasteiger partial charge < -0.3 is 9.80 Å². The molecular weight excluding hydrogens is 272 g/mol. The number of carbonyl (C=O) groups excluding carboxylic acids is 1. The first kappa shape index (κ1) is 16.3. The summed E-state index contributed by atoms with van der Waals surface area (Å²) in [6.45, 7) is 9.95. The zero-order chi connectivity index (χ0) is 15.6. The van der Waals surface area contributed by atoms with Crippen LogP contribution in [0.1, 0.15) is 65.2 Å². The molecule has 2 saturated heterocycles. The zero-order valence-electron chi connectivity index (χ0n) is 14.6. The highest BCUT2D eigenvalue weighted by atomic mass is 16.2. The van der Waals surface area contributed by atoms with E-state index in [0.29, 0.717) is 17.2 Å². The summed E-state index contributed by atoms with van der Waals surface area (Å²) < 4.78 is 0. The second kappa shape index (κ2) is 6.90. The molecule has 3 fully saturated rings. The minimum absolute atomic E-state index is 0.311. The number of hydrogen-bond donors (Lipinski definition) is 0. The van der Waals surface area contributed by atoms with Crippen LogP contribution in [-0.4, -0.2) is 48.4 Å². The molecule has 0 bridgehead atoms. The molecule has 3 heteroatoms. The molecule has 0 aromatic carbocycles. The monoisotopic (exact) mass is 306 g/mol. The van der Waals surface area contributed by atoms with Gasteiger partial charge in [0.2, 0.25) is 5.91 Å². The molecule has 3 nitrogen and oxygen atoms in total. The lowest BCUT2D eigenvalue weighted by Gasteiger charge is -2.53. The number of piperidine rings is 2. The summed E-state index contributed by atoms with van der Waals surface area (Å²) in [5, 5.41) is 0. The van der Waals surface area contributed by atoms with Crippen LogP contribution in [0.4, 0.5) is 0 Å². The molecule has 1 saturated carbocycles. The lowest BCUT2D eigenvalue weighted by molar-refractivity contribution is -0.141. The van der Waals surface area contributed by atoms with Crippen molar-refractivity contribution < 1.29 is 4.79 Å². The second-order valence-corrected chi connectivity index (χ2v) is 8.10. The molecular formula is C19H34N2O. The fraction of sp³-hybridized carbons (Fsp3) is 0.947. The molecule has 0 N–H and O–H groups in total. The van der Waals surface area contributed by atoms with E-state index in [1.54, 1.807) is 0 Å². The Bertz CT molecular complexity index is 371. The first-order valence-corrected chi connectivity index (χ1v) is 9.67. The van der Waals surface area contributed by atoms with Gasteiger partial charge in [0.25, 0.3) is 0 Å². The minimum Gasteiger partial charge on any atom is -0.342 e. The van der Waals surface area contributed by atoms with Crippen LogP contribution in [0.2, 0.25) is 0 Å². The Balaban J connectivity index is 1.43. The van der Waals surface area contributed by atoms with Crippen LogP contribution in [0, 0.1) is 17.3 Å². The highest BCUT2D eigenvalue weighted by molar-refractivity contribution is 5.79. The maximum atomic E-state index is 12.7. The molecule has 0 radical (unpaired) electrons. The molecule has 1 amide bonds. The molecule has 2 aliphatic heterocycles. The standard InChI is InChI=1S/C19H34N2O/c1-3-5-16-14-19(15-16)8-12-21(13-9-19)18(22)17-6-10-20(4-2)11-7-17/h16-17H,3-15H2,1-2H3. The van der Waals surface area contributed by atoms with Gasteiger partial charge in [0, 0.05) is 19.0 Å². The number of carbonyl (C=O) groups is 1. The van der Waals surface area contributed by atoms with Gasteiger partial charge in [-0.25, -0.2) is 0 Å². The van der Waals surface area contributed by atoms with Crippen LogP contribution in [0.15, 0.2) is 0 Å². The van der Waals surface area contributed by atoms with E-state index in [2.05, 4.69) is 23.6 Å². The Kier molecular flexibility index (Phi) is 5.11. The average Bonchev–Trinajstić information content (AvgIpc) is 2.54. The Hall–Kier alpha value is -0.570. The fourth-order valence-corrected chi connectivity index (χ4v) is 5.14. The van der Waals surface area contributed by atoms with Gasteiger partial charge in [-0.3, -0.25) is 4.79 Å². The smallest absolute Gasteiger partial charge is 0.225 e. The van der Waals surface area contributed by atoms with Crippen molar-refractivity contribution >= 4 is 5.91 Å². The van der Waals surface area contributed by atoms with Gasteiger partial charge in [-0.15, -0.1) is 0 Å². The molecule has 0 unspecified atom stereocenters. The van der Waals surface area contributed by atoms with Crippen molar-refractivity contribution in [2.24, 2.45) is 17.3 Å². The minimum atomic E-state index is 0.311. The van der Waals surface area contributed by atoms with E-state index < -0.39 is 0 Å². The highest BCUT2D eigenvalue weighted by Gasteiger charge is 2.46. The van der Waals surface area contributed by atoms with Crippen molar-refractivity contribution in [1.29, 1.82) is 0 Å². The number of amides is 1. The molecule has 0 aromatic rings. The lowest BCUT2D eigenvalue weighted by Crippen LogP contribution is -2.51. The number of likely N-dealkylation sites (tertiary alicyclic amines) is 2. The molecule has 126 valence electrons. The quantitative estimate of drug-likeness (QED) is 0.793. The molecule has 0 atom stereocenters. The van der Waals surface area contributed by atoms with Crippen molar-refractivity contribution in [3.05, 3.63) is 0 Å². The van der Waals surface area contributed by atoms with Crippen molar-refractivity contribution in [3.8, 4) is 0 Å². The van der Waals surface area contributed by atoms with E-state index in [4.69, 9.17) is 0 Å². The van der Waals surface area contributed by atoms with E-state index in [0.717, 1.165) is 51.5 Å². The van der Waals surface area contributed by atoms with Crippen molar-refractivity contribution in [1.82, 2.24) is 9.80 Å².